The first kappa shape index (κ1) is 24.9. The summed E-state index contributed by atoms with van der Waals surface area (Å²) in [4.78, 5) is 31.2. The molecule has 2 aliphatic rings. The smallest absolute Gasteiger partial charge is 0.260 e. The van der Waals surface area contributed by atoms with Crippen LogP contribution >= 0.6 is 11.8 Å². The number of hydrogen-bond acceptors (Lipinski definition) is 9. The van der Waals surface area contributed by atoms with Crippen molar-refractivity contribution in [3.63, 3.8) is 0 Å². The number of allylic oxidation sites excluding steroid dienone is 1. The van der Waals surface area contributed by atoms with Crippen molar-refractivity contribution in [3.8, 4) is 11.5 Å². The third kappa shape index (κ3) is 5.38. The lowest BCUT2D eigenvalue weighted by molar-refractivity contribution is -0.137. The van der Waals surface area contributed by atoms with Crippen molar-refractivity contribution in [2.75, 3.05) is 51.1 Å². The molecule has 2 amide bonds. The van der Waals surface area contributed by atoms with Crippen LogP contribution < -0.4 is 20.5 Å². The van der Waals surface area contributed by atoms with E-state index in [1.807, 2.05) is 6.07 Å². The maximum absolute atomic E-state index is 12.5. The quantitative estimate of drug-likeness (QED) is 0.492. The molecule has 188 valence electrons. The first-order valence-corrected chi connectivity index (χ1v) is 12.4. The van der Waals surface area contributed by atoms with E-state index in [0.717, 1.165) is 17.7 Å². The van der Waals surface area contributed by atoms with Crippen LogP contribution in [0.2, 0.25) is 0 Å². The highest BCUT2D eigenvalue weighted by atomic mass is 32.2. The molecular formula is C23H30N6O5S. The number of morpholine rings is 1. The molecule has 1 unspecified atom stereocenters. The highest BCUT2D eigenvalue weighted by Gasteiger charge is 2.34. The van der Waals surface area contributed by atoms with Crippen molar-refractivity contribution in [2.45, 2.75) is 31.5 Å². The molecule has 4 rings (SSSR count). The van der Waals surface area contributed by atoms with Crippen LogP contribution in [0.25, 0.3) is 0 Å². The van der Waals surface area contributed by atoms with Crippen molar-refractivity contribution in [2.24, 2.45) is 5.73 Å². The molecular weight excluding hydrogens is 472 g/mol. The maximum atomic E-state index is 12.5. The Hall–Kier alpha value is -3.25. The number of hydrogen-bond donors (Lipinski definition) is 2. The Morgan fingerprint density at radius 2 is 2.06 bits per heavy atom. The topological polar surface area (TPSA) is 134 Å². The second kappa shape index (κ2) is 11.0. The minimum absolute atomic E-state index is 0.111. The van der Waals surface area contributed by atoms with E-state index in [9.17, 15) is 9.59 Å². The van der Waals surface area contributed by atoms with Crippen molar-refractivity contribution in [1.29, 1.82) is 0 Å². The van der Waals surface area contributed by atoms with Crippen LogP contribution in [0.3, 0.4) is 0 Å². The predicted octanol–water partition coefficient (Wildman–Crippen LogP) is 1.80. The first-order valence-electron chi connectivity index (χ1n) is 11.5. The third-order valence-corrected chi connectivity index (χ3v) is 6.80. The fraction of sp³-hybridized carbons (Fsp3) is 0.478. The predicted molar refractivity (Wildman–Crippen MR) is 131 cm³/mol. The van der Waals surface area contributed by atoms with Gasteiger partial charge in [0.25, 0.3) is 5.91 Å². The van der Waals surface area contributed by atoms with Crippen molar-refractivity contribution < 1.29 is 23.8 Å². The Labute approximate surface area is 208 Å². The summed E-state index contributed by atoms with van der Waals surface area (Å²) < 4.78 is 18.3. The van der Waals surface area contributed by atoms with Gasteiger partial charge in [0, 0.05) is 24.5 Å². The largest absolute Gasteiger partial charge is 0.493 e. The fourth-order valence-corrected chi connectivity index (χ4v) is 4.71. The van der Waals surface area contributed by atoms with Gasteiger partial charge in [0.1, 0.15) is 6.04 Å². The summed E-state index contributed by atoms with van der Waals surface area (Å²) in [6.07, 6.45) is 0.988. The molecule has 12 heteroatoms. The molecule has 1 aromatic heterocycles. The number of aromatic nitrogens is 3. The summed E-state index contributed by atoms with van der Waals surface area (Å²) in [7, 11) is 1.52. The van der Waals surface area contributed by atoms with E-state index in [0.29, 0.717) is 60.2 Å². The molecule has 0 saturated carbocycles. The average Bonchev–Trinajstić information content (AvgIpc) is 3.27. The van der Waals surface area contributed by atoms with Gasteiger partial charge in [-0.05, 0) is 31.0 Å². The molecule has 1 saturated heterocycles. The van der Waals surface area contributed by atoms with E-state index in [2.05, 4.69) is 22.3 Å². The summed E-state index contributed by atoms with van der Waals surface area (Å²) in [5, 5.41) is 8.39. The Balaban J connectivity index is 1.61. The number of benzene rings is 1. The zero-order valence-corrected chi connectivity index (χ0v) is 20.9. The molecule has 11 nitrogen and oxygen atoms in total. The Morgan fingerprint density at radius 3 is 2.74 bits per heavy atom. The summed E-state index contributed by atoms with van der Waals surface area (Å²) in [5.41, 5.74) is 7.49. The fourth-order valence-electron chi connectivity index (χ4n) is 4.03. The summed E-state index contributed by atoms with van der Waals surface area (Å²) in [6.45, 7) is 5.92. The van der Waals surface area contributed by atoms with Crippen LogP contribution in [-0.4, -0.2) is 77.3 Å². The van der Waals surface area contributed by atoms with E-state index >= 15 is 0 Å². The van der Waals surface area contributed by atoms with E-state index in [1.54, 1.807) is 40.4 Å². The van der Waals surface area contributed by atoms with Gasteiger partial charge < -0.3 is 30.2 Å². The lowest BCUT2D eigenvalue weighted by atomic mass is 9.95. The number of ether oxygens (including phenoxy) is 3. The maximum Gasteiger partial charge on any atom is 0.260 e. The molecule has 3 heterocycles. The lowest BCUT2D eigenvalue weighted by Gasteiger charge is -2.28. The molecule has 35 heavy (non-hydrogen) atoms. The Kier molecular flexibility index (Phi) is 7.81. The van der Waals surface area contributed by atoms with Gasteiger partial charge in [-0.1, -0.05) is 24.8 Å². The van der Waals surface area contributed by atoms with Crippen LogP contribution in [0.15, 0.2) is 34.6 Å². The van der Waals surface area contributed by atoms with Gasteiger partial charge in [-0.2, -0.15) is 4.98 Å². The Bertz CT molecular complexity index is 1130. The molecule has 0 bridgehead atoms. The number of nitrogens with two attached hydrogens (primary N) is 1. The van der Waals surface area contributed by atoms with Gasteiger partial charge in [0.05, 0.1) is 25.9 Å². The zero-order valence-electron chi connectivity index (χ0n) is 20.1. The summed E-state index contributed by atoms with van der Waals surface area (Å²) in [5.74, 6) is 1.60. The second-order valence-corrected chi connectivity index (χ2v) is 9.20. The number of carbonyl (C=O) groups is 2. The number of fused-ring (bicyclic) bond motifs is 1. The average molecular weight is 503 g/mol. The lowest BCUT2D eigenvalue weighted by Crippen LogP contribution is -2.43. The van der Waals surface area contributed by atoms with Crippen molar-refractivity contribution in [3.05, 3.63) is 35.0 Å². The van der Waals surface area contributed by atoms with Gasteiger partial charge >= 0.3 is 0 Å². The van der Waals surface area contributed by atoms with Crippen LogP contribution in [0.4, 0.5) is 5.95 Å². The highest BCUT2D eigenvalue weighted by molar-refractivity contribution is 7.99. The molecule has 0 aliphatic carbocycles. The van der Waals surface area contributed by atoms with E-state index in [-0.39, 0.29) is 12.5 Å². The summed E-state index contributed by atoms with van der Waals surface area (Å²) in [6, 6.07) is 4.71. The standard InChI is InChI=1S/C23H30N6O5S/c1-4-11-35-23-26-22-25-14(2)19(21(24)31)20(29(22)27-23)15-5-6-16(17(12-15)32-3)34-13-18(30)28-7-9-33-10-8-28/h5-6,12,20H,4,7-11,13H2,1-3H3,(H2,24,31)(H,25,26,27). The van der Waals surface area contributed by atoms with Gasteiger partial charge in [-0.15, -0.1) is 5.10 Å². The van der Waals surface area contributed by atoms with Gasteiger partial charge in [-0.25, -0.2) is 4.68 Å². The normalized spacial score (nSPS) is 17.6. The SMILES string of the molecule is CCCSc1nc2n(n1)C(c1ccc(OCC(=O)N3CCOCC3)c(OC)c1)C(C(N)=O)=C(C)N2. The molecule has 2 aliphatic heterocycles. The van der Waals surface area contributed by atoms with E-state index < -0.39 is 11.9 Å². The highest BCUT2D eigenvalue weighted by Crippen LogP contribution is 2.39. The number of nitrogens with one attached hydrogen (secondary N) is 1. The molecule has 2 aromatic rings. The molecule has 1 atom stereocenters. The van der Waals surface area contributed by atoms with E-state index in [1.165, 1.54) is 7.11 Å². The molecule has 1 fully saturated rings. The summed E-state index contributed by atoms with van der Waals surface area (Å²) >= 11 is 1.55. The number of thioether (sulfide) groups is 1. The minimum Gasteiger partial charge on any atom is -0.493 e. The number of methoxy groups -OCH3 is 1. The third-order valence-electron chi connectivity index (χ3n) is 5.75. The monoisotopic (exact) mass is 502 g/mol. The Morgan fingerprint density at radius 1 is 1.29 bits per heavy atom. The van der Waals surface area contributed by atoms with Crippen LogP contribution in [0.1, 0.15) is 31.9 Å². The van der Waals surface area contributed by atoms with Crippen LogP contribution in [0.5, 0.6) is 11.5 Å². The molecule has 0 radical (unpaired) electrons. The molecule has 3 N–H and O–H groups in total. The number of primary amides is 1. The van der Waals surface area contributed by atoms with Crippen molar-refractivity contribution in [1.82, 2.24) is 19.7 Å². The molecule has 1 aromatic carbocycles. The first-order chi connectivity index (χ1) is 16.9. The number of nitrogens with zero attached hydrogens (tertiary/aromatic N) is 4. The molecule has 0 spiro atoms. The zero-order chi connectivity index (χ0) is 24.9. The number of amides is 2. The van der Waals surface area contributed by atoms with Crippen LogP contribution in [0, 0.1) is 0 Å². The minimum atomic E-state index is -0.592. The van der Waals surface area contributed by atoms with Crippen LogP contribution in [-0.2, 0) is 14.3 Å². The van der Waals surface area contributed by atoms with Gasteiger partial charge in [-0.3, -0.25) is 9.59 Å². The van der Waals surface area contributed by atoms with Gasteiger partial charge in [0.2, 0.25) is 17.0 Å². The van der Waals surface area contributed by atoms with E-state index in [4.69, 9.17) is 19.9 Å². The second-order valence-electron chi connectivity index (χ2n) is 8.13. The van der Waals surface area contributed by atoms with Gasteiger partial charge in [0.15, 0.2) is 18.1 Å². The number of anilines is 1. The number of carbonyl (C=O) groups excluding carboxylic acids is 2. The van der Waals surface area contributed by atoms with Crippen molar-refractivity contribution >= 4 is 29.5 Å². The number of rotatable bonds is 9.